The first kappa shape index (κ1) is 20.0. The Balaban J connectivity index is 1.59. The zero-order valence-corrected chi connectivity index (χ0v) is 16.1. The lowest BCUT2D eigenvalue weighted by Gasteiger charge is -2.31. The second kappa shape index (κ2) is 8.53. The molecule has 7 nitrogen and oxygen atoms in total. The maximum absolute atomic E-state index is 13.6. The van der Waals surface area contributed by atoms with Crippen LogP contribution in [0, 0.1) is 11.7 Å². The van der Waals surface area contributed by atoms with Crippen LogP contribution >= 0.6 is 0 Å². The van der Waals surface area contributed by atoms with Gasteiger partial charge >= 0.3 is 0 Å². The van der Waals surface area contributed by atoms with Crippen molar-refractivity contribution in [3.8, 4) is 5.75 Å². The first-order valence-corrected chi connectivity index (χ1v) is 10.6. The highest BCUT2D eigenvalue weighted by Crippen LogP contribution is 2.30. The molecule has 27 heavy (non-hydrogen) atoms. The molecule has 0 aromatic heterocycles. The summed E-state index contributed by atoms with van der Waals surface area (Å²) in [6, 6.07) is 3.42. The SMILES string of the molecule is COc1ccc(F)cc1S(=O)(=O)N1CCC(C(=O)NC[C@@H]2CCCO2)CC1. The molecule has 2 aliphatic rings. The number of amides is 1. The minimum absolute atomic E-state index is 0.0640. The van der Waals surface area contributed by atoms with E-state index in [2.05, 4.69) is 5.32 Å². The van der Waals surface area contributed by atoms with Gasteiger partial charge in [0, 0.05) is 32.2 Å². The van der Waals surface area contributed by atoms with Gasteiger partial charge in [0.25, 0.3) is 0 Å². The monoisotopic (exact) mass is 400 g/mol. The van der Waals surface area contributed by atoms with Crippen molar-refractivity contribution in [1.29, 1.82) is 0 Å². The molecule has 0 radical (unpaired) electrons. The zero-order chi connectivity index (χ0) is 19.4. The van der Waals surface area contributed by atoms with E-state index >= 15 is 0 Å². The summed E-state index contributed by atoms with van der Waals surface area (Å²) >= 11 is 0. The second-order valence-corrected chi connectivity index (χ2v) is 8.76. The first-order valence-electron chi connectivity index (χ1n) is 9.15. The highest BCUT2D eigenvalue weighted by Gasteiger charge is 2.34. The first-order chi connectivity index (χ1) is 12.9. The van der Waals surface area contributed by atoms with Crippen molar-refractivity contribution in [3.63, 3.8) is 0 Å². The molecule has 0 unspecified atom stereocenters. The lowest BCUT2D eigenvalue weighted by atomic mass is 9.97. The van der Waals surface area contributed by atoms with Gasteiger partial charge in [-0.3, -0.25) is 4.79 Å². The third-order valence-corrected chi connectivity index (χ3v) is 7.02. The van der Waals surface area contributed by atoms with Gasteiger partial charge in [0.1, 0.15) is 16.5 Å². The van der Waals surface area contributed by atoms with Crippen LogP contribution in [0.5, 0.6) is 5.75 Å². The fourth-order valence-corrected chi connectivity index (χ4v) is 5.15. The Kier molecular flexibility index (Phi) is 6.33. The highest BCUT2D eigenvalue weighted by atomic mass is 32.2. The number of nitrogens with zero attached hydrogens (tertiary/aromatic N) is 1. The lowest BCUT2D eigenvalue weighted by molar-refractivity contribution is -0.126. The van der Waals surface area contributed by atoms with Gasteiger partial charge in [0.2, 0.25) is 15.9 Å². The van der Waals surface area contributed by atoms with Crippen LogP contribution in [0.15, 0.2) is 23.1 Å². The molecular weight excluding hydrogens is 375 g/mol. The minimum Gasteiger partial charge on any atom is -0.495 e. The Bertz CT molecular complexity index is 772. The molecule has 3 rings (SSSR count). The van der Waals surface area contributed by atoms with Gasteiger partial charge in [-0.25, -0.2) is 12.8 Å². The molecule has 0 bridgehead atoms. The Hall–Kier alpha value is -1.71. The number of halogens is 1. The summed E-state index contributed by atoms with van der Waals surface area (Å²) in [6.07, 6.45) is 2.89. The molecule has 1 aromatic carbocycles. The van der Waals surface area contributed by atoms with E-state index in [1.54, 1.807) is 0 Å². The third-order valence-electron chi connectivity index (χ3n) is 5.10. The average Bonchev–Trinajstić information content (AvgIpc) is 3.20. The average molecular weight is 400 g/mol. The number of hydrogen-bond acceptors (Lipinski definition) is 5. The normalized spacial score (nSPS) is 21.9. The van der Waals surface area contributed by atoms with E-state index in [1.807, 2.05) is 0 Å². The largest absolute Gasteiger partial charge is 0.495 e. The van der Waals surface area contributed by atoms with Crippen LogP contribution in [0.4, 0.5) is 4.39 Å². The summed E-state index contributed by atoms with van der Waals surface area (Å²) in [5.74, 6) is -0.830. The van der Waals surface area contributed by atoms with Gasteiger partial charge in [0.05, 0.1) is 13.2 Å². The van der Waals surface area contributed by atoms with Crippen LogP contribution in [0.2, 0.25) is 0 Å². The summed E-state index contributed by atoms with van der Waals surface area (Å²) < 4.78 is 51.1. The molecule has 1 N–H and O–H groups in total. The van der Waals surface area contributed by atoms with Gasteiger partial charge < -0.3 is 14.8 Å². The van der Waals surface area contributed by atoms with Crippen molar-refractivity contribution >= 4 is 15.9 Å². The fourth-order valence-electron chi connectivity index (χ4n) is 3.51. The summed E-state index contributed by atoms with van der Waals surface area (Å²) in [5, 5.41) is 2.90. The maximum atomic E-state index is 13.6. The fraction of sp³-hybridized carbons (Fsp3) is 0.611. The molecule has 2 aliphatic heterocycles. The predicted octanol–water partition coefficient (Wildman–Crippen LogP) is 1.53. The molecule has 0 aliphatic carbocycles. The third kappa shape index (κ3) is 4.59. The molecule has 1 amide bonds. The van der Waals surface area contributed by atoms with Crippen LogP contribution in [0.25, 0.3) is 0 Å². The minimum atomic E-state index is -3.89. The molecule has 0 spiro atoms. The Morgan fingerprint density at radius 3 is 2.70 bits per heavy atom. The number of methoxy groups -OCH3 is 1. The summed E-state index contributed by atoms with van der Waals surface area (Å²) in [7, 11) is -2.54. The number of hydrogen-bond donors (Lipinski definition) is 1. The number of sulfonamides is 1. The van der Waals surface area contributed by atoms with E-state index < -0.39 is 15.8 Å². The molecule has 2 heterocycles. The van der Waals surface area contributed by atoms with Gasteiger partial charge in [0.15, 0.2) is 0 Å². The van der Waals surface area contributed by atoms with Crippen molar-refractivity contribution < 1.29 is 27.1 Å². The number of nitrogens with one attached hydrogen (secondary N) is 1. The van der Waals surface area contributed by atoms with E-state index in [4.69, 9.17) is 9.47 Å². The van der Waals surface area contributed by atoms with Crippen LogP contribution in [0.1, 0.15) is 25.7 Å². The van der Waals surface area contributed by atoms with Crippen molar-refractivity contribution in [2.75, 3.05) is 33.4 Å². The number of rotatable bonds is 6. The number of carbonyl (C=O) groups excluding carboxylic acids is 1. The lowest BCUT2D eigenvalue weighted by Crippen LogP contribution is -2.44. The Morgan fingerprint density at radius 1 is 1.33 bits per heavy atom. The maximum Gasteiger partial charge on any atom is 0.246 e. The van der Waals surface area contributed by atoms with Crippen LogP contribution in [0.3, 0.4) is 0 Å². The molecule has 2 saturated heterocycles. The molecular formula is C18H25FN2O5S. The van der Waals surface area contributed by atoms with Crippen molar-refractivity contribution in [2.45, 2.75) is 36.7 Å². The number of ether oxygens (including phenoxy) is 2. The molecule has 2 fully saturated rings. The molecule has 1 atom stereocenters. The molecule has 1 aromatic rings. The number of benzene rings is 1. The molecule has 9 heteroatoms. The molecule has 150 valence electrons. The molecule has 0 saturated carbocycles. The van der Waals surface area contributed by atoms with E-state index in [-0.39, 0.29) is 41.7 Å². The second-order valence-electron chi connectivity index (χ2n) is 6.85. The quantitative estimate of drug-likeness (QED) is 0.783. The van der Waals surface area contributed by atoms with Gasteiger partial charge in [-0.05, 0) is 43.9 Å². The Morgan fingerprint density at radius 2 is 2.07 bits per heavy atom. The van der Waals surface area contributed by atoms with Gasteiger partial charge in [-0.1, -0.05) is 0 Å². The van der Waals surface area contributed by atoms with Crippen molar-refractivity contribution in [1.82, 2.24) is 9.62 Å². The van der Waals surface area contributed by atoms with Gasteiger partial charge in [-0.2, -0.15) is 4.31 Å². The van der Waals surface area contributed by atoms with Crippen molar-refractivity contribution in [2.24, 2.45) is 5.92 Å². The zero-order valence-electron chi connectivity index (χ0n) is 15.3. The van der Waals surface area contributed by atoms with E-state index in [0.29, 0.717) is 19.4 Å². The topological polar surface area (TPSA) is 84.9 Å². The number of piperidine rings is 1. The van der Waals surface area contributed by atoms with E-state index in [0.717, 1.165) is 31.6 Å². The summed E-state index contributed by atoms with van der Waals surface area (Å²) in [4.78, 5) is 12.1. The smallest absolute Gasteiger partial charge is 0.246 e. The summed E-state index contributed by atoms with van der Waals surface area (Å²) in [5.41, 5.74) is 0. The van der Waals surface area contributed by atoms with Crippen LogP contribution < -0.4 is 10.1 Å². The van der Waals surface area contributed by atoms with Crippen LogP contribution in [-0.4, -0.2) is 58.1 Å². The predicted molar refractivity (Wildman–Crippen MR) is 96.4 cm³/mol. The van der Waals surface area contributed by atoms with Gasteiger partial charge in [-0.15, -0.1) is 0 Å². The standard InChI is InChI=1S/C18H25FN2O5S/c1-25-16-5-4-14(19)11-17(16)27(23,24)21-8-6-13(7-9-21)18(22)20-12-15-3-2-10-26-15/h4-5,11,13,15H,2-3,6-10,12H2,1H3,(H,20,22)/t15-/m0/s1. The Labute approximate surface area is 158 Å². The van der Waals surface area contributed by atoms with Crippen molar-refractivity contribution in [3.05, 3.63) is 24.0 Å². The summed E-state index contributed by atoms with van der Waals surface area (Å²) in [6.45, 7) is 1.65. The highest BCUT2D eigenvalue weighted by molar-refractivity contribution is 7.89. The number of carbonyl (C=O) groups is 1. The van der Waals surface area contributed by atoms with E-state index in [1.165, 1.54) is 17.5 Å². The van der Waals surface area contributed by atoms with Crippen LogP contribution in [-0.2, 0) is 19.6 Å². The van der Waals surface area contributed by atoms with E-state index in [9.17, 15) is 17.6 Å².